The quantitative estimate of drug-likeness (QED) is 0.599. The molecular formula is C17H24N2O4S. The van der Waals surface area contributed by atoms with Crippen LogP contribution in [0, 0.1) is 5.92 Å². The van der Waals surface area contributed by atoms with E-state index in [1.165, 1.54) is 7.11 Å². The van der Waals surface area contributed by atoms with Crippen molar-refractivity contribution < 1.29 is 19.1 Å². The van der Waals surface area contributed by atoms with Crippen molar-refractivity contribution in [3.8, 4) is 0 Å². The molecule has 1 aliphatic rings. The lowest BCUT2D eigenvalue weighted by molar-refractivity contribution is -0.147. The Hall–Kier alpha value is -1.73. The highest BCUT2D eigenvalue weighted by molar-refractivity contribution is 7.96. The molecule has 1 aromatic rings. The van der Waals surface area contributed by atoms with Crippen LogP contribution in [0.2, 0.25) is 0 Å². The number of ether oxygens (including phenoxy) is 2. The summed E-state index contributed by atoms with van der Waals surface area (Å²) in [6.07, 6.45) is 2.25. The second-order valence-electron chi connectivity index (χ2n) is 5.78. The summed E-state index contributed by atoms with van der Waals surface area (Å²) in [4.78, 5) is 26.0. The van der Waals surface area contributed by atoms with Crippen LogP contribution in [0.1, 0.15) is 12.0 Å². The molecule has 0 bridgehead atoms. The average molecular weight is 352 g/mol. The molecule has 1 amide bonds. The summed E-state index contributed by atoms with van der Waals surface area (Å²) in [6, 6.07) is 9.62. The van der Waals surface area contributed by atoms with Crippen LogP contribution in [-0.4, -0.2) is 60.8 Å². The van der Waals surface area contributed by atoms with Crippen LogP contribution in [-0.2, 0) is 20.9 Å². The monoisotopic (exact) mass is 352 g/mol. The number of likely N-dealkylation sites (tertiary alicyclic amines) is 1. The van der Waals surface area contributed by atoms with Crippen molar-refractivity contribution in [2.45, 2.75) is 19.1 Å². The Bertz CT molecular complexity index is 555. The molecule has 7 heteroatoms. The van der Waals surface area contributed by atoms with Gasteiger partial charge in [0.1, 0.15) is 6.61 Å². The maximum atomic E-state index is 12.4. The number of benzene rings is 1. The molecule has 132 valence electrons. The summed E-state index contributed by atoms with van der Waals surface area (Å²) in [5.74, 6) is -0.609. The summed E-state index contributed by atoms with van der Waals surface area (Å²) in [6.45, 7) is 1.10. The zero-order chi connectivity index (χ0) is 17.5. The van der Waals surface area contributed by atoms with E-state index in [1.807, 2.05) is 43.6 Å². The molecule has 1 saturated heterocycles. The van der Waals surface area contributed by atoms with Crippen LogP contribution >= 0.6 is 11.9 Å². The lowest BCUT2D eigenvalue weighted by Crippen LogP contribution is -2.52. The standard InChI is InChI=1S/C17H24N2O4S/c1-18(24-3)15-9-14(16(20)22-2)10-19(11-15)17(21)23-12-13-7-5-4-6-8-13/h4-8,14-15H,9-12H2,1-3H3/t14-,15?/m0/s1. The van der Waals surface area contributed by atoms with Gasteiger partial charge in [0.15, 0.2) is 0 Å². The minimum absolute atomic E-state index is 0.0853. The second-order valence-corrected chi connectivity index (χ2v) is 6.72. The first-order chi connectivity index (χ1) is 11.5. The van der Waals surface area contributed by atoms with Crippen molar-refractivity contribution >= 4 is 24.0 Å². The zero-order valence-corrected chi connectivity index (χ0v) is 15.1. The minimum Gasteiger partial charge on any atom is -0.469 e. The first-order valence-corrected chi connectivity index (χ1v) is 9.03. The topological polar surface area (TPSA) is 59.1 Å². The number of nitrogens with zero attached hydrogens (tertiary/aromatic N) is 2. The molecule has 0 aromatic heterocycles. The number of piperidine rings is 1. The fourth-order valence-corrected chi connectivity index (χ4v) is 3.23. The maximum Gasteiger partial charge on any atom is 0.410 e. The number of hydrogen-bond donors (Lipinski definition) is 0. The van der Waals surface area contributed by atoms with Gasteiger partial charge < -0.3 is 14.4 Å². The summed E-state index contributed by atoms with van der Waals surface area (Å²) in [5, 5.41) is 0. The molecule has 2 atom stereocenters. The lowest BCUT2D eigenvalue weighted by Gasteiger charge is -2.39. The largest absolute Gasteiger partial charge is 0.469 e. The Morgan fingerprint density at radius 1 is 1.29 bits per heavy atom. The summed E-state index contributed by atoms with van der Waals surface area (Å²) in [5.41, 5.74) is 0.935. The average Bonchev–Trinajstić information content (AvgIpc) is 2.65. The van der Waals surface area contributed by atoms with E-state index in [0.717, 1.165) is 5.56 Å². The molecule has 0 spiro atoms. The lowest BCUT2D eigenvalue weighted by atomic mass is 9.94. The maximum absolute atomic E-state index is 12.4. The number of carbonyl (C=O) groups excluding carboxylic acids is 2. The summed E-state index contributed by atoms with van der Waals surface area (Å²) in [7, 11) is 3.34. The van der Waals surface area contributed by atoms with Crippen LogP contribution in [0.4, 0.5) is 4.79 Å². The Labute approximate surface area is 147 Å². The van der Waals surface area contributed by atoms with Gasteiger partial charge >= 0.3 is 12.1 Å². The molecule has 1 aliphatic heterocycles. The van der Waals surface area contributed by atoms with Gasteiger partial charge in [0.05, 0.1) is 13.0 Å². The molecule has 1 aromatic carbocycles. The zero-order valence-electron chi connectivity index (χ0n) is 14.3. The molecule has 1 heterocycles. The molecular weight excluding hydrogens is 328 g/mol. The van der Waals surface area contributed by atoms with Gasteiger partial charge in [-0.25, -0.2) is 9.10 Å². The summed E-state index contributed by atoms with van der Waals surface area (Å²) >= 11 is 1.58. The molecule has 1 fully saturated rings. The van der Waals surface area contributed by atoms with E-state index in [4.69, 9.17) is 9.47 Å². The summed E-state index contributed by atoms with van der Waals surface area (Å²) < 4.78 is 12.3. The first kappa shape index (κ1) is 18.6. The highest BCUT2D eigenvalue weighted by atomic mass is 32.2. The van der Waals surface area contributed by atoms with Gasteiger partial charge in [-0.3, -0.25) is 4.79 Å². The number of carbonyl (C=O) groups is 2. The predicted octanol–water partition coefficient (Wildman–Crippen LogP) is 2.40. The second kappa shape index (κ2) is 8.94. The molecule has 24 heavy (non-hydrogen) atoms. The smallest absolute Gasteiger partial charge is 0.410 e. The molecule has 0 aliphatic carbocycles. The molecule has 0 N–H and O–H groups in total. The van der Waals surface area contributed by atoms with Crippen LogP contribution in [0.25, 0.3) is 0 Å². The minimum atomic E-state index is -0.396. The highest BCUT2D eigenvalue weighted by Crippen LogP contribution is 2.25. The van der Waals surface area contributed by atoms with Crippen molar-refractivity contribution in [2.24, 2.45) is 5.92 Å². The van der Waals surface area contributed by atoms with Crippen LogP contribution < -0.4 is 0 Å². The van der Waals surface area contributed by atoms with Gasteiger partial charge in [-0.1, -0.05) is 42.3 Å². The van der Waals surface area contributed by atoms with Crippen molar-refractivity contribution in [2.75, 3.05) is 33.5 Å². The van der Waals surface area contributed by atoms with E-state index in [2.05, 4.69) is 4.31 Å². The van der Waals surface area contributed by atoms with Crippen molar-refractivity contribution in [3.63, 3.8) is 0 Å². The number of esters is 1. The molecule has 1 unspecified atom stereocenters. The number of hydrogen-bond acceptors (Lipinski definition) is 6. The van der Waals surface area contributed by atoms with Crippen LogP contribution in [0.3, 0.4) is 0 Å². The predicted molar refractivity (Wildman–Crippen MR) is 93.4 cm³/mol. The van der Waals surface area contributed by atoms with Gasteiger partial charge in [0.25, 0.3) is 0 Å². The van der Waals surface area contributed by atoms with E-state index in [0.29, 0.717) is 19.5 Å². The SMILES string of the molecule is COC(=O)[C@H]1CC(N(C)SC)CN(C(=O)OCc2ccccc2)C1. The normalized spacial score (nSPS) is 20.8. The van der Waals surface area contributed by atoms with Gasteiger partial charge in [0.2, 0.25) is 0 Å². The van der Waals surface area contributed by atoms with Crippen LogP contribution in [0.15, 0.2) is 30.3 Å². The molecule has 0 radical (unpaired) electrons. The van der Waals surface area contributed by atoms with E-state index < -0.39 is 6.09 Å². The Morgan fingerprint density at radius 3 is 2.62 bits per heavy atom. The van der Waals surface area contributed by atoms with Gasteiger partial charge in [-0.2, -0.15) is 0 Å². The Balaban J connectivity index is 2.00. The number of amides is 1. The fourth-order valence-electron chi connectivity index (χ4n) is 2.78. The van der Waals surface area contributed by atoms with Crippen molar-refractivity contribution in [3.05, 3.63) is 35.9 Å². The van der Waals surface area contributed by atoms with E-state index >= 15 is 0 Å². The number of methoxy groups -OCH3 is 1. The van der Waals surface area contributed by atoms with Gasteiger partial charge in [-0.15, -0.1) is 0 Å². The third-order valence-corrected chi connectivity index (χ3v) is 5.10. The van der Waals surface area contributed by atoms with E-state index in [9.17, 15) is 9.59 Å². The third-order valence-electron chi connectivity index (χ3n) is 4.23. The van der Waals surface area contributed by atoms with E-state index in [1.54, 1.807) is 16.8 Å². The first-order valence-electron chi connectivity index (χ1n) is 7.85. The fraction of sp³-hybridized carbons (Fsp3) is 0.529. The van der Waals surface area contributed by atoms with Crippen molar-refractivity contribution in [1.82, 2.24) is 9.21 Å². The molecule has 6 nitrogen and oxygen atoms in total. The molecule has 2 rings (SSSR count). The Kier molecular flexibility index (Phi) is 6.93. The van der Waals surface area contributed by atoms with E-state index in [-0.39, 0.29) is 24.5 Å². The number of rotatable bonds is 5. The van der Waals surface area contributed by atoms with Gasteiger partial charge in [0, 0.05) is 19.1 Å². The van der Waals surface area contributed by atoms with Crippen LogP contribution in [0.5, 0.6) is 0 Å². The van der Waals surface area contributed by atoms with Gasteiger partial charge in [-0.05, 0) is 25.3 Å². The van der Waals surface area contributed by atoms with Crippen molar-refractivity contribution in [1.29, 1.82) is 0 Å². The third kappa shape index (κ3) is 4.88. The molecule has 0 saturated carbocycles. The number of likely N-dealkylation sites (N-methyl/N-ethyl adjacent to an activating group) is 1. The highest BCUT2D eigenvalue weighted by Gasteiger charge is 2.36. The Morgan fingerprint density at radius 2 is 2.00 bits per heavy atom.